The average molecular weight is 261 g/mol. The van der Waals surface area contributed by atoms with Gasteiger partial charge >= 0.3 is 0 Å². The van der Waals surface area contributed by atoms with Crippen LogP contribution >= 0.6 is 11.8 Å². The Labute approximate surface area is 106 Å². The van der Waals surface area contributed by atoms with Crippen molar-refractivity contribution in [1.29, 1.82) is 0 Å². The average Bonchev–Trinajstić information content (AvgIpc) is 2.34. The minimum absolute atomic E-state index is 0.161. The van der Waals surface area contributed by atoms with Gasteiger partial charge in [0, 0.05) is 25.4 Å². The fourth-order valence-electron chi connectivity index (χ4n) is 1.36. The number of thioether (sulfide) groups is 1. The van der Waals surface area contributed by atoms with Gasteiger partial charge in [0.15, 0.2) is 0 Å². The molecular formula is C10H19N3O3S. The summed E-state index contributed by atoms with van der Waals surface area (Å²) < 4.78 is 5.17. The van der Waals surface area contributed by atoms with E-state index in [-0.39, 0.29) is 11.0 Å². The third-order valence-electron chi connectivity index (χ3n) is 2.35. The van der Waals surface area contributed by atoms with Gasteiger partial charge in [-0.25, -0.2) is 0 Å². The van der Waals surface area contributed by atoms with Crippen LogP contribution in [-0.2, 0) is 9.53 Å². The molecule has 0 aromatic rings. The molecule has 98 valence electrons. The third-order valence-corrected chi connectivity index (χ3v) is 3.27. The van der Waals surface area contributed by atoms with Crippen molar-refractivity contribution in [3.05, 3.63) is 0 Å². The number of oxime groups is 1. The predicted octanol–water partition coefficient (Wildman–Crippen LogP) is -0.0723. The van der Waals surface area contributed by atoms with Crippen molar-refractivity contribution in [1.82, 2.24) is 9.80 Å². The van der Waals surface area contributed by atoms with Gasteiger partial charge in [-0.05, 0) is 14.1 Å². The number of amides is 1. The summed E-state index contributed by atoms with van der Waals surface area (Å²) in [5.74, 6) is 0.516. The Balaban J connectivity index is 2.40. The molecule has 1 aliphatic heterocycles. The Morgan fingerprint density at radius 2 is 2.12 bits per heavy atom. The lowest BCUT2D eigenvalue weighted by Gasteiger charge is -2.26. The molecular weight excluding hydrogens is 242 g/mol. The molecule has 1 aliphatic rings. The van der Waals surface area contributed by atoms with Crippen LogP contribution in [-0.4, -0.2) is 78.7 Å². The highest BCUT2D eigenvalue weighted by Gasteiger charge is 2.22. The first kappa shape index (κ1) is 14.3. The molecule has 0 bridgehead atoms. The first-order valence-electron chi connectivity index (χ1n) is 5.51. The maximum atomic E-state index is 12.0. The molecule has 0 spiro atoms. The second kappa shape index (κ2) is 7.52. The Morgan fingerprint density at radius 3 is 2.65 bits per heavy atom. The molecule has 1 saturated heterocycles. The summed E-state index contributed by atoms with van der Waals surface area (Å²) in [6, 6.07) is 0. The standard InChI is InChI=1S/C10H19N3O3S/c1-12(2)5-8-17-9(11-15)10(14)13-3-6-16-7-4-13/h15H,3-8H2,1-2H3/b11-9-. The van der Waals surface area contributed by atoms with Crippen LogP contribution in [0.1, 0.15) is 0 Å². The van der Waals surface area contributed by atoms with Crippen molar-refractivity contribution in [2.24, 2.45) is 5.16 Å². The van der Waals surface area contributed by atoms with Crippen LogP contribution in [0.3, 0.4) is 0 Å². The van der Waals surface area contributed by atoms with Crippen molar-refractivity contribution in [2.75, 3.05) is 52.7 Å². The maximum Gasteiger partial charge on any atom is 0.282 e. The van der Waals surface area contributed by atoms with Gasteiger partial charge in [-0.1, -0.05) is 16.9 Å². The van der Waals surface area contributed by atoms with E-state index in [2.05, 4.69) is 5.16 Å². The third kappa shape index (κ3) is 4.93. The van der Waals surface area contributed by atoms with Gasteiger partial charge in [0.25, 0.3) is 5.91 Å². The van der Waals surface area contributed by atoms with Crippen molar-refractivity contribution < 1.29 is 14.7 Å². The van der Waals surface area contributed by atoms with Gasteiger partial charge in [-0.2, -0.15) is 0 Å². The molecule has 17 heavy (non-hydrogen) atoms. The molecule has 1 amide bonds. The van der Waals surface area contributed by atoms with Crippen LogP contribution < -0.4 is 0 Å². The number of nitrogens with zero attached hydrogens (tertiary/aromatic N) is 3. The Hall–Kier alpha value is -0.790. The van der Waals surface area contributed by atoms with E-state index < -0.39 is 0 Å². The molecule has 0 saturated carbocycles. The molecule has 0 aromatic heterocycles. The van der Waals surface area contributed by atoms with Crippen molar-refractivity contribution >= 4 is 22.7 Å². The summed E-state index contributed by atoms with van der Waals surface area (Å²) in [5.41, 5.74) is 0. The van der Waals surface area contributed by atoms with Gasteiger partial charge in [0.2, 0.25) is 5.04 Å². The highest BCUT2D eigenvalue weighted by Crippen LogP contribution is 2.09. The zero-order chi connectivity index (χ0) is 12.7. The Morgan fingerprint density at radius 1 is 1.47 bits per heavy atom. The maximum absolute atomic E-state index is 12.0. The van der Waals surface area contributed by atoms with Crippen LogP contribution in [0.25, 0.3) is 0 Å². The van der Waals surface area contributed by atoms with Crippen LogP contribution in [0.15, 0.2) is 5.16 Å². The molecule has 0 atom stereocenters. The minimum Gasteiger partial charge on any atom is -0.410 e. The summed E-state index contributed by atoms with van der Waals surface area (Å²) in [4.78, 5) is 15.6. The smallest absolute Gasteiger partial charge is 0.282 e. The van der Waals surface area contributed by atoms with Crippen LogP contribution in [0.4, 0.5) is 0 Å². The van der Waals surface area contributed by atoms with Crippen molar-refractivity contribution in [3.8, 4) is 0 Å². The lowest BCUT2D eigenvalue weighted by Crippen LogP contribution is -2.43. The predicted molar refractivity (Wildman–Crippen MR) is 67.6 cm³/mol. The zero-order valence-electron chi connectivity index (χ0n) is 10.3. The van der Waals surface area contributed by atoms with Crippen LogP contribution in [0, 0.1) is 0 Å². The second-order valence-corrected chi connectivity index (χ2v) is 5.05. The highest BCUT2D eigenvalue weighted by atomic mass is 32.2. The van der Waals surface area contributed by atoms with Crippen LogP contribution in [0.2, 0.25) is 0 Å². The largest absolute Gasteiger partial charge is 0.410 e. The topological polar surface area (TPSA) is 65.4 Å². The second-order valence-electron chi connectivity index (χ2n) is 3.96. The molecule has 0 aromatic carbocycles. The van der Waals surface area contributed by atoms with Gasteiger partial charge in [0.1, 0.15) is 0 Å². The minimum atomic E-state index is -0.209. The first-order chi connectivity index (χ1) is 8.15. The first-order valence-corrected chi connectivity index (χ1v) is 6.50. The van der Waals surface area contributed by atoms with E-state index >= 15 is 0 Å². The van der Waals surface area contributed by atoms with Crippen molar-refractivity contribution in [2.45, 2.75) is 0 Å². The van der Waals surface area contributed by atoms with E-state index in [9.17, 15) is 4.79 Å². The summed E-state index contributed by atoms with van der Waals surface area (Å²) in [5, 5.41) is 12.1. The number of ether oxygens (including phenoxy) is 1. The number of hydrogen-bond donors (Lipinski definition) is 1. The fourth-order valence-corrected chi connectivity index (χ4v) is 2.32. The normalized spacial score (nSPS) is 17.6. The molecule has 1 fully saturated rings. The monoisotopic (exact) mass is 261 g/mol. The van der Waals surface area contributed by atoms with E-state index in [1.165, 1.54) is 11.8 Å². The summed E-state index contributed by atoms with van der Waals surface area (Å²) in [6.07, 6.45) is 0. The molecule has 0 aliphatic carbocycles. The lowest BCUT2D eigenvalue weighted by molar-refractivity contribution is -0.127. The molecule has 7 heteroatoms. The molecule has 1 heterocycles. The quantitative estimate of drug-likeness (QED) is 0.333. The van der Waals surface area contributed by atoms with Crippen LogP contribution in [0.5, 0.6) is 0 Å². The Bertz CT molecular complexity index is 278. The fraction of sp³-hybridized carbons (Fsp3) is 0.800. The van der Waals surface area contributed by atoms with Gasteiger partial charge in [-0.15, -0.1) is 0 Å². The van der Waals surface area contributed by atoms with E-state index in [0.717, 1.165) is 12.3 Å². The number of morpholine rings is 1. The van der Waals surface area contributed by atoms with Crippen molar-refractivity contribution in [3.63, 3.8) is 0 Å². The number of rotatable bonds is 3. The summed E-state index contributed by atoms with van der Waals surface area (Å²) >= 11 is 1.28. The van der Waals surface area contributed by atoms with E-state index in [1.54, 1.807) is 4.90 Å². The highest BCUT2D eigenvalue weighted by molar-refractivity contribution is 8.15. The molecule has 0 radical (unpaired) electrons. The molecule has 1 N–H and O–H groups in total. The number of carbonyl (C=O) groups is 1. The zero-order valence-corrected chi connectivity index (χ0v) is 11.1. The number of carbonyl (C=O) groups excluding carboxylic acids is 1. The van der Waals surface area contributed by atoms with E-state index in [0.29, 0.717) is 26.3 Å². The lowest BCUT2D eigenvalue weighted by atomic mass is 10.4. The number of hydrogen-bond acceptors (Lipinski definition) is 6. The summed E-state index contributed by atoms with van der Waals surface area (Å²) in [7, 11) is 3.92. The Kier molecular flexibility index (Phi) is 6.31. The van der Waals surface area contributed by atoms with Gasteiger partial charge in [-0.3, -0.25) is 4.79 Å². The molecule has 1 rings (SSSR count). The van der Waals surface area contributed by atoms with Gasteiger partial charge in [0.05, 0.1) is 13.2 Å². The van der Waals surface area contributed by atoms with E-state index in [1.807, 2.05) is 19.0 Å². The molecule has 6 nitrogen and oxygen atoms in total. The molecule has 0 unspecified atom stereocenters. The summed E-state index contributed by atoms with van der Waals surface area (Å²) in [6.45, 7) is 3.05. The van der Waals surface area contributed by atoms with E-state index in [4.69, 9.17) is 9.94 Å². The van der Waals surface area contributed by atoms with Gasteiger partial charge < -0.3 is 19.7 Å². The SMILES string of the molecule is CN(C)CCS/C(=N\O)C(=O)N1CCOCC1.